The van der Waals surface area contributed by atoms with E-state index in [1.54, 1.807) is 6.20 Å². The Hall–Kier alpha value is -1.87. The highest BCUT2D eigenvalue weighted by Gasteiger charge is 2.01. The topological polar surface area (TPSA) is 34.1 Å². The number of nitrogens with one attached hydrogen (secondary N) is 1. The van der Waals surface area contributed by atoms with Crippen LogP contribution in [-0.2, 0) is 13.2 Å². The number of pyridine rings is 1. The molecule has 0 atom stereocenters. The zero-order chi connectivity index (χ0) is 12.8. The first kappa shape index (κ1) is 12.6. The Morgan fingerprint density at radius 1 is 1.22 bits per heavy atom. The molecule has 1 aromatic carbocycles. The molecule has 1 heterocycles. The smallest absolute Gasteiger partial charge is 0.130 e. The van der Waals surface area contributed by atoms with Gasteiger partial charge < -0.3 is 10.1 Å². The first-order chi connectivity index (χ1) is 8.79. The Bertz CT molecular complexity index is 511. The first-order valence-electron chi connectivity index (χ1n) is 6.06. The van der Waals surface area contributed by atoms with E-state index in [0.29, 0.717) is 6.61 Å². The number of aromatic nitrogens is 1. The molecule has 1 aromatic heterocycles. The van der Waals surface area contributed by atoms with Gasteiger partial charge in [-0.1, -0.05) is 18.2 Å². The van der Waals surface area contributed by atoms with E-state index in [1.165, 1.54) is 5.56 Å². The number of hydrogen-bond acceptors (Lipinski definition) is 3. The number of benzene rings is 1. The summed E-state index contributed by atoms with van der Waals surface area (Å²) in [4.78, 5) is 4.31. The van der Waals surface area contributed by atoms with Crippen LogP contribution in [0.2, 0.25) is 0 Å². The molecule has 0 bridgehead atoms. The Balaban J connectivity index is 2.02. The van der Waals surface area contributed by atoms with Crippen molar-refractivity contribution in [1.29, 1.82) is 0 Å². The van der Waals surface area contributed by atoms with Crippen molar-refractivity contribution in [2.45, 2.75) is 20.1 Å². The van der Waals surface area contributed by atoms with Crippen molar-refractivity contribution < 1.29 is 4.74 Å². The Morgan fingerprint density at radius 3 is 2.89 bits per heavy atom. The first-order valence-corrected chi connectivity index (χ1v) is 6.06. The van der Waals surface area contributed by atoms with Crippen LogP contribution < -0.4 is 10.1 Å². The van der Waals surface area contributed by atoms with Gasteiger partial charge in [-0.2, -0.15) is 0 Å². The van der Waals surface area contributed by atoms with Crippen LogP contribution in [0, 0.1) is 6.92 Å². The van der Waals surface area contributed by atoms with Crippen molar-refractivity contribution in [2.75, 3.05) is 7.05 Å². The molecule has 0 fully saturated rings. The van der Waals surface area contributed by atoms with Crippen LogP contribution in [-0.4, -0.2) is 12.0 Å². The maximum atomic E-state index is 5.77. The molecule has 0 aliphatic carbocycles. The monoisotopic (exact) mass is 242 g/mol. The third-order valence-electron chi connectivity index (χ3n) is 2.77. The van der Waals surface area contributed by atoms with Gasteiger partial charge in [-0.3, -0.25) is 4.98 Å². The van der Waals surface area contributed by atoms with E-state index in [2.05, 4.69) is 22.4 Å². The lowest BCUT2D eigenvalue weighted by Gasteiger charge is -2.09. The van der Waals surface area contributed by atoms with Gasteiger partial charge in [0.2, 0.25) is 0 Å². The molecule has 3 nitrogen and oxygen atoms in total. The van der Waals surface area contributed by atoms with E-state index in [4.69, 9.17) is 4.74 Å². The Morgan fingerprint density at radius 2 is 2.11 bits per heavy atom. The van der Waals surface area contributed by atoms with Crippen molar-refractivity contribution in [3.63, 3.8) is 0 Å². The normalized spacial score (nSPS) is 10.3. The third kappa shape index (κ3) is 3.31. The van der Waals surface area contributed by atoms with Crippen molar-refractivity contribution in [3.8, 4) is 5.75 Å². The molecule has 0 unspecified atom stereocenters. The van der Waals surface area contributed by atoms with Gasteiger partial charge in [-0.05, 0) is 43.3 Å². The second-order valence-corrected chi connectivity index (χ2v) is 4.23. The molecule has 3 heteroatoms. The van der Waals surface area contributed by atoms with Crippen LogP contribution >= 0.6 is 0 Å². The fourth-order valence-corrected chi connectivity index (χ4v) is 1.77. The van der Waals surface area contributed by atoms with Crippen molar-refractivity contribution in [2.24, 2.45) is 0 Å². The highest BCUT2D eigenvalue weighted by molar-refractivity contribution is 5.29. The molecular weight excluding hydrogens is 224 g/mol. The van der Waals surface area contributed by atoms with Crippen LogP contribution in [0.15, 0.2) is 42.6 Å². The molecule has 0 spiro atoms. The molecule has 0 aliphatic heterocycles. The highest BCUT2D eigenvalue weighted by atomic mass is 16.5. The minimum absolute atomic E-state index is 0.510. The predicted molar refractivity (Wildman–Crippen MR) is 72.5 cm³/mol. The fraction of sp³-hybridized carbons (Fsp3) is 0.267. The molecule has 2 rings (SSSR count). The number of rotatable bonds is 5. The summed E-state index contributed by atoms with van der Waals surface area (Å²) in [6, 6.07) is 12.1. The summed E-state index contributed by atoms with van der Waals surface area (Å²) in [6.07, 6.45) is 1.79. The third-order valence-corrected chi connectivity index (χ3v) is 2.77. The molecule has 0 saturated carbocycles. The van der Waals surface area contributed by atoms with Gasteiger partial charge in [-0.25, -0.2) is 0 Å². The second kappa shape index (κ2) is 6.17. The minimum atomic E-state index is 0.510. The lowest BCUT2D eigenvalue weighted by atomic mass is 10.2. The van der Waals surface area contributed by atoms with Gasteiger partial charge in [0.15, 0.2) is 0 Å². The summed E-state index contributed by atoms with van der Waals surface area (Å²) in [5.74, 6) is 0.882. The molecule has 0 aliphatic rings. The highest BCUT2D eigenvalue weighted by Crippen LogP contribution is 2.15. The molecule has 1 N–H and O–H groups in total. The second-order valence-electron chi connectivity index (χ2n) is 4.23. The number of aryl methyl sites for hydroxylation is 1. The zero-order valence-corrected chi connectivity index (χ0v) is 10.8. The van der Waals surface area contributed by atoms with Gasteiger partial charge in [0.25, 0.3) is 0 Å². The van der Waals surface area contributed by atoms with Crippen LogP contribution in [0.25, 0.3) is 0 Å². The van der Waals surface area contributed by atoms with Gasteiger partial charge in [0.1, 0.15) is 12.4 Å². The summed E-state index contributed by atoms with van der Waals surface area (Å²) in [6.45, 7) is 3.40. The zero-order valence-electron chi connectivity index (χ0n) is 10.8. The largest absolute Gasteiger partial charge is 0.487 e. The lowest BCUT2D eigenvalue weighted by Crippen LogP contribution is -2.05. The van der Waals surface area contributed by atoms with Crippen LogP contribution in [0.3, 0.4) is 0 Å². The van der Waals surface area contributed by atoms with E-state index < -0.39 is 0 Å². The molecular formula is C15H18N2O. The standard InChI is InChI=1S/C15H18N2O/c1-12-5-4-8-17-15(12)11-18-14-7-3-6-13(9-14)10-16-2/h3-9,16H,10-11H2,1-2H3. The van der Waals surface area contributed by atoms with Gasteiger partial charge >= 0.3 is 0 Å². The minimum Gasteiger partial charge on any atom is -0.487 e. The van der Waals surface area contributed by atoms with E-state index in [1.807, 2.05) is 38.2 Å². The Kier molecular flexibility index (Phi) is 4.31. The molecule has 0 saturated heterocycles. The molecule has 2 aromatic rings. The quantitative estimate of drug-likeness (QED) is 0.875. The summed E-state index contributed by atoms with van der Waals surface area (Å²) in [7, 11) is 1.94. The van der Waals surface area contributed by atoms with E-state index in [0.717, 1.165) is 23.6 Å². The Labute approximate surface area is 108 Å². The van der Waals surface area contributed by atoms with Gasteiger partial charge in [0.05, 0.1) is 5.69 Å². The number of nitrogens with zero attached hydrogens (tertiary/aromatic N) is 1. The molecule has 18 heavy (non-hydrogen) atoms. The predicted octanol–water partition coefficient (Wildman–Crippen LogP) is 2.69. The number of ether oxygens (including phenoxy) is 1. The lowest BCUT2D eigenvalue weighted by molar-refractivity contribution is 0.300. The fourth-order valence-electron chi connectivity index (χ4n) is 1.77. The summed E-state index contributed by atoms with van der Waals surface area (Å²) in [5.41, 5.74) is 3.35. The maximum Gasteiger partial charge on any atom is 0.130 e. The van der Waals surface area contributed by atoms with E-state index in [9.17, 15) is 0 Å². The molecule has 0 amide bonds. The van der Waals surface area contributed by atoms with Crippen LogP contribution in [0.5, 0.6) is 5.75 Å². The van der Waals surface area contributed by atoms with E-state index in [-0.39, 0.29) is 0 Å². The molecule has 0 radical (unpaired) electrons. The van der Waals surface area contributed by atoms with Crippen LogP contribution in [0.1, 0.15) is 16.8 Å². The summed E-state index contributed by atoms with van der Waals surface area (Å²) in [5, 5.41) is 3.13. The van der Waals surface area contributed by atoms with Crippen molar-refractivity contribution in [3.05, 3.63) is 59.4 Å². The van der Waals surface area contributed by atoms with Crippen molar-refractivity contribution in [1.82, 2.24) is 10.3 Å². The summed E-state index contributed by atoms with van der Waals surface area (Å²) >= 11 is 0. The average molecular weight is 242 g/mol. The van der Waals surface area contributed by atoms with Crippen LogP contribution in [0.4, 0.5) is 0 Å². The SMILES string of the molecule is CNCc1cccc(OCc2ncccc2C)c1. The molecule has 94 valence electrons. The van der Waals surface area contributed by atoms with Gasteiger partial charge in [0, 0.05) is 12.7 Å². The van der Waals surface area contributed by atoms with E-state index >= 15 is 0 Å². The maximum absolute atomic E-state index is 5.77. The average Bonchev–Trinajstić information content (AvgIpc) is 2.39. The van der Waals surface area contributed by atoms with Gasteiger partial charge in [-0.15, -0.1) is 0 Å². The summed E-state index contributed by atoms with van der Waals surface area (Å²) < 4.78 is 5.77. The van der Waals surface area contributed by atoms with Crippen molar-refractivity contribution >= 4 is 0 Å². The number of hydrogen-bond donors (Lipinski definition) is 1.